The summed E-state index contributed by atoms with van der Waals surface area (Å²) in [5.41, 5.74) is 3.02. The van der Waals surface area contributed by atoms with Crippen molar-refractivity contribution in [3.8, 4) is 0 Å². The molecule has 2 aliphatic heterocycles. The van der Waals surface area contributed by atoms with Gasteiger partial charge in [0.25, 0.3) is 11.8 Å². The van der Waals surface area contributed by atoms with Crippen LogP contribution in [-0.4, -0.2) is 23.3 Å². The van der Waals surface area contributed by atoms with Crippen molar-refractivity contribution in [3.05, 3.63) is 105 Å². The molecule has 4 nitrogen and oxygen atoms in total. The Morgan fingerprint density at radius 3 is 2.34 bits per heavy atom. The Balaban J connectivity index is 1.56. The van der Waals surface area contributed by atoms with Gasteiger partial charge < -0.3 is 4.90 Å². The van der Waals surface area contributed by atoms with Gasteiger partial charge in [-0.2, -0.15) is 0 Å². The van der Waals surface area contributed by atoms with Crippen LogP contribution in [0, 0.1) is 5.82 Å². The van der Waals surface area contributed by atoms with E-state index in [0.717, 1.165) is 27.8 Å². The van der Waals surface area contributed by atoms with E-state index in [1.54, 1.807) is 0 Å². The molecule has 0 saturated heterocycles. The summed E-state index contributed by atoms with van der Waals surface area (Å²) in [6, 6.07) is 21.5. The first-order valence-corrected chi connectivity index (χ1v) is 11.3. The molecule has 0 fully saturated rings. The van der Waals surface area contributed by atoms with Gasteiger partial charge >= 0.3 is 0 Å². The number of hydrogen-bond donors (Lipinski definition) is 0. The van der Waals surface area contributed by atoms with E-state index < -0.39 is 17.6 Å². The van der Waals surface area contributed by atoms with Gasteiger partial charge in [-0.15, -0.1) is 0 Å². The summed E-state index contributed by atoms with van der Waals surface area (Å²) in [6.07, 6.45) is 0.785. The Bertz CT molecular complexity index is 1260. The van der Waals surface area contributed by atoms with E-state index in [-0.39, 0.29) is 10.7 Å². The zero-order chi connectivity index (χ0) is 22.2. The maximum atomic E-state index is 13.7. The summed E-state index contributed by atoms with van der Waals surface area (Å²) in [6.45, 7) is 1.17. The van der Waals surface area contributed by atoms with Gasteiger partial charge in [-0.25, -0.2) is 9.29 Å². The smallest absolute Gasteiger partial charge is 0.283 e. The SMILES string of the molecule is O=C1C(Sc2ccccc2)=C(N2CCc3ccccc3C2)C(=O)N1c1ccc(F)c(Cl)c1. The number of anilines is 1. The quantitative estimate of drug-likeness (QED) is 0.484. The number of amides is 2. The Labute approximate surface area is 194 Å². The van der Waals surface area contributed by atoms with E-state index in [1.807, 2.05) is 53.4 Å². The first kappa shape index (κ1) is 20.8. The van der Waals surface area contributed by atoms with Crippen molar-refractivity contribution in [1.82, 2.24) is 4.90 Å². The highest BCUT2D eigenvalue weighted by Crippen LogP contribution is 2.40. The normalized spacial score (nSPS) is 16.1. The molecule has 0 spiro atoms. The molecule has 0 aromatic heterocycles. The Kier molecular flexibility index (Phi) is 5.49. The largest absolute Gasteiger partial charge is 0.361 e. The molecule has 0 saturated carbocycles. The molecule has 0 radical (unpaired) electrons. The molecule has 0 atom stereocenters. The van der Waals surface area contributed by atoms with Crippen molar-refractivity contribution in [2.45, 2.75) is 17.9 Å². The molecule has 2 amide bonds. The fourth-order valence-electron chi connectivity index (χ4n) is 4.02. The Hall–Kier alpha value is -3.09. The molecular formula is C25H18ClFN2O2S. The average Bonchev–Trinajstić information content (AvgIpc) is 3.05. The van der Waals surface area contributed by atoms with E-state index in [4.69, 9.17) is 11.6 Å². The fourth-order valence-corrected chi connectivity index (χ4v) is 5.22. The molecule has 5 rings (SSSR count). The lowest BCUT2D eigenvalue weighted by atomic mass is 9.99. The number of nitrogens with zero attached hydrogens (tertiary/aromatic N) is 2. The van der Waals surface area contributed by atoms with Gasteiger partial charge in [-0.1, -0.05) is 65.8 Å². The van der Waals surface area contributed by atoms with Crippen molar-refractivity contribution >= 4 is 40.9 Å². The van der Waals surface area contributed by atoms with Crippen molar-refractivity contribution in [2.24, 2.45) is 0 Å². The first-order valence-electron chi connectivity index (χ1n) is 10.2. The third-order valence-corrected chi connectivity index (χ3v) is 6.96. The standard InChI is InChI=1S/C25H18ClFN2O2S/c26-20-14-18(10-11-21(20)27)29-24(30)22(23(25(29)31)32-19-8-2-1-3-9-19)28-13-12-16-6-4-5-7-17(16)15-28/h1-11,14H,12-13,15H2. The van der Waals surface area contributed by atoms with Crippen LogP contribution < -0.4 is 4.90 Å². The summed E-state index contributed by atoms with van der Waals surface area (Å²) >= 11 is 7.21. The fraction of sp³-hybridized carbons (Fsp3) is 0.120. The number of benzene rings is 3. The van der Waals surface area contributed by atoms with Crippen LogP contribution in [0.4, 0.5) is 10.1 Å². The van der Waals surface area contributed by atoms with Gasteiger partial charge in [-0.05, 0) is 47.9 Å². The van der Waals surface area contributed by atoms with Crippen molar-refractivity contribution in [1.29, 1.82) is 0 Å². The van der Waals surface area contributed by atoms with Crippen molar-refractivity contribution < 1.29 is 14.0 Å². The number of rotatable bonds is 4. The van der Waals surface area contributed by atoms with Crippen molar-refractivity contribution in [2.75, 3.05) is 11.4 Å². The second kappa shape index (κ2) is 8.45. The number of imide groups is 1. The zero-order valence-corrected chi connectivity index (χ0v) is 18.5. The molecule has 160 valence electrons. The first-order chi connectivity index (χ1) is 15.5. The number of carbonyl (C=O) groups is 2. The molecule has 3 aromatic carbocycles. The monoisotopic (exact) mass is 464 g/mol. The predicted molar refractivity (Wildman–Crippen MR) is 124 cm³/mol. The highest BCUT2D eigenvalue weighted by molar-refractivity contribution is 8.04. The topological polar surface area (TPSA) is 40.6 Å². The molecule has 2 aliphatic rings. The zero-order valence-electron chi connectivity index (χ0n) is 16.9. The van der Waals surface area contributed by atoms with Gasteiger partial charge in [0.2, 0.25) is 0 Å². The minimum absolute atomic E-state index is 0.138. The van der Waals surface area contributed by atoms with Crippen LogP contribution in [-0.2, 0) is 22.6 Å². The van der Waals surface area contributed by atoms with Crippen LogP contribution in [0.3, 0.4) is 0 Å². The maximum absolute atomic E-state index is 13.7. The van der Waals surface area contributed by atoms with Gasteiger partial charge in [0.05, 0.1) is 10.7 Å². The van der Waals surface area contributed by atoms with E-state index in [0.29, 0.717) is 23.7 Å². The van der Waals surface area contributed by atoms with Crippen LogP contribution in [0.15, 0.2) is 88.3 Å². The third kappa shape index (κ3) is 3.70. The molecule has 0 aliphatic carbocycles. The third-order valence-electron chi connectivity index (χ3n) is 5.59. The molecule has 3 aromatic rings. The highest BCUT2D eigenvalue weighted by atomic mass is 35.5. The summed E-state index contributed by atoms with van der Waals surface area (Å²) in [5, 5.41) is -0.138. The predicted octanol–water partition coefficient (Wildman–Crippen LogP) is 5.41. The highest BCUT2D eigenvalue weighted by Gasteiger charge is 2.43. The molecule has 0 unspecified atom stereocenters. The Morgan fingerprint density at radius 2 is 1.59 bits per heavy atom. The lowest BCUT2D eigenvalue weighted by Crippen LogP contribution is -2.37. The lowest BCUT2D eigenvalue weighted by molar-refractivity contribution is -0.121. The molecule has 7 heteroatoms. The second-order valence-electron chi connectivity index (χ2n) is 7.58. The number of carbonyl (C=O) groups excluding carboxylic acids is 2. The van der Waals surface area contributed by atoms with Crippen molar-refractivity contribution in [3.63, 3.8) is 0 Å². The second-order valence-corrected chi connectivity index (χ2v) is 9.07. The average molecular weight is 465 g/mol. The van der Waals surface area contributed by atoms with E-state index >= 15 is 0 Å². The molecule has 0 bridgehead atoms. The summed E-state index contributed by atoms with van der Waals surface area (Å²) in [5.74, 6) is -1.45. The summed E-state index contributed by atoms with van der Waals surface area (Å²) in [7, 11) is 0. The molecule has 0 N–H and O–H groups in total. The van der Waals surface area contributed by atoms with Crippen LogP contribution in [0.1, 0.15) is 11.1 Å². The van der Waals surface area contributed by atoms with Crippen LogP contribution >= 0.6 is 23.4 Å². The van der Waals surface area contributed by atoms with Gasteiger partial charge in [0.15, 0.2) is 0 Å². The van der Waals surface area contributed by atoms with Crippen LogP contribution in [0.5, 0.6) is 0 Å². The summed E-state index contributed by atoms with van der Waals surface area (Å²) in [4.78, 5) is 31.3. The van der Waals surface area contributed by atoms with Crippen LogP contribution in [0.2, 0.25) is 5.02 Å². The minimum atomic E-state index is -0.603. The maximum Gasteiger partial charge on any atom is 0.283 e. The van der Waals surface area contributed by atoms with E-state index in [9.17, 15) is 14.0 Å². The minimum Gasteiger partial charge on any atom is -0.361 e. The molecule has 32 heavy (non-hydrogen) atoms. The Morgan fingerprint density at radius 1 is 0.875 bits per heavy atom. The van der Waals surface area contributed by atoms with E-state index in [2.05, 4.69) is 6.07 Å². The number of halogens is 2. The van der Waals surface area contributed by atoms with Gasteiger partial charge in [0, 0.05) is 18.0 Å². The number of hydrogen-bond acceptors (Lipinski definition) is 4. The van der Waals surface area contributed by atoms with E-state index in [1.165, 1.54) is 29.5 Å². The molecule has 2 heterocycles. The molecular weight excluding hydrogens is 447 g/mol. The van der Waals surface area contributed by atoms with Gasteiger partial charge in [0.1, 0.15) is 16.4 Å². The van der Waals surface area contributed by atoms with Crippen LogP contribution in [0.25, 0.3) is 0 Å². The summed E-state index contributed by atoms with van der Waals surface area (Å²) < 4.78 is 13.7. The number of fused-ring (bicyclic) bond motifs is 1. The van der Waals surface area contributed by atoms with Gasteiger partial charge in [-0.3, -0.25) is 9.59 Å². The number of thioether (sulfide) groups is 1. The lowest BCUT2D eigenvalue weighted by Gasteiger charge is -2.31.